The summed E-state index contributed by atoms with van der Waals surface area (Å²) in [6, 6.07) is 6.49. The summed E-state index contributed by atoms with van der Waals surface area (Å²) in [6.45, 7) is 0. The number of hydrogen-bond acceptors (Lipinski definition) is 3. The highest BCUT2D eigenvalue weighted by Crippen LogP contribution is 2.08. The first-order valence-electron chi connectivity index (χ1n) is 6.58. The quantitative estimate of drug-likeness (QED) is 0.343. The fourth-order valence-corrected chi connectivity index (χ4v) is 2.10. The van der Waals surface area contributed by atoms with E-state index in [0.29, 0.717) is 17.4 Å². The SMILES string of the molecule is COC(=O)c1ccc(C(=O)C[B-]c2n(C)cc[n+]2C)cc1. The maximum atomic E-state index is 12.1. The van der Waals surface area contributed by atoms with E-state index in [1.54, 1.807) is 24.3 Å². The number of ketones is 1. The molecule has 1 aromatic heterocycles. The molecule has 0 unspecified atom stereocenters. The first kappa shape index (κ1) is 15.0. The molecule has 0 saturated heterocycles. The van der Waals surface area contributed by atoms with Crippen LogP contribution in [0.3, 0.4) is 0 Å². The van der Waals surface area contributed by atoms with E-state index in [1.807, 2.05) is 42.9 Å². The summed E-state index contributed by atoms with van der Waals surface area (Å²) in [5, 5.41) is 0. The number of ether oxygens (including phenoxy) is 1. The predicted molar refractivity (Wildman–Crippen MR) is 78.9 cm³/mol. The zero-order valence-corrected chi connectivity index (χ0v) is 12.4. The number of aromatic nitrogens is 2. The minimum absolute atomic E-state index is 0.00705. The first-order chi connectivity index (χ1) is 10.0. The van der Waals surface area contributed by atoms with E-state index in [2.05, 4.69) is 4.74 Å². The molecule has 1 aromatic carbocycles. The number of nitrogens with zero attached hydrogens (tertiary/aromatic N) is 2. The maximum Gasteiger partial charge on any atom is 0.337 e. The number of imidazole rings is 1. The van der Waals surface area contributed by atoms with Crippen LogP contribution >= 0.6 is 0 Å². The Balaban J connectivity index is 2.02. The number of rotatable bonds is 5. The average Bonchev–Trinajstić information content (AvgIpc) is 2.83. The Kier molecular flexibility index (Phi) is 4.57. The molecule has 0 fully saturated rings. The van der Waals surface area contributed by atoms with Crippen molar-refractivity contribution in [2.75, 3.05) is 7.11 Å². The van der Waals surface area contributed by atoms with Crippen LogP contribution in [0.4, 0.5) is 0 Å². The van der Waals surface area contributed by atoms with Crippen LogP contribution in [-0.4, -0.2) is 30.7 Å². The molecule has 0 N–H and O–H groups in total. The molecular formula is C15H17BN2O3. The Morgan fingerprint density at radius 3 is 2.38 bits per heavy atom. The van der Waals surface area contributed by atoms with Crippen molar-refractivity contribution in [3.63, 3.8) is 0 Å². The topological polar surface area (TPSA) is 52.2 Å². The molecule has 0 amide bonds. The molecule has 21 heavy (non-hydrogen) atoms. The zero-order chi connectivity index (χ0) is 15.4. The Morgan fingerprint density at radius 2 is 1.86 bits per heavy atom. The van der Waals surface area contributed by atoms with Crippen LogP contribution in [0, 0.1) is 0 Å². The summed E-state index contributed by atoms with van der Waals surface area (Å²) in [5.41, 5.74) is 1.98. The van der Waals surface area contributed by atoms with Gasteiger partial charge in [0.1, 0.15) is 18.2 Å². The number of benzene rings is 1. The minimum Gasteiger partial charge on any atom is -0.465 e. The molecule has 6 heteroatoms. The summed E-state index contributed by atoms with van der Waals surface area (Å²) in [7, 11) is 7.08. The molecular weight excluding hydrogens is 267 g/mol. The Hall–Kier alpha value is -2.37. The predicted octanol–water partition coefficient (Wildman–Crippen LogP) is 0.267. The number of carbonyl (C=O) groups is 2. The number of Topliss-reactive ketones (excluding diaryl/α,β-unsaturated/α-hetero) is 1. The van der Waals surface area contributed by atoms with Crippen LogP contribution in [0.15, 0.2) is 36.7 Å². The fraction of sp³-hybridized carbons (Fsp3) is 0.267. The maximum absolute atomic E-state index is 12.1. The van der Waals surface area contributed by atoms with Gasteiger partial charge in [-0.1, -0.05) is 12.1 Å². The smallest absolute Gasteiger partial charge is 0.337 e. The number of methoxy groups -OCH3 is 1. The third-order valence-electron chi connectivity index (χ3n) is 3.33. The van der Waals surface area contributed by atoms with Gasteiger partial charge in [0.05, 0.1) is 26.8 Å². The van der Waals surface area contributed by atoms with E-state index in [0.717, 1.165) is 5.72 Å². The first-order valence-corrected chi connectivity index (χ1v) is 6.58. The van der Waals surface area contributed by atoms with Crippen LogP contribution in [0.25, 0.3) is 0 Å². The van der Waals surface area contributed by atoms with Gasteiger partial charge in [0, 0.05) is 11.3 Å². The van der Waals surface area contributed by atoms with E-state index in [-0.39, 0.29) is 5.78 Å². The average molecular weight is 284 g/mol. The highest BCUT2D eigenvalue weighted by atomic mass is 16.5. The lowest BCUT2D eigenvalue weighted by Crippen LogP contribution is -2.49. The molecule has 1 heterocycles. The second kappa shape index (κ2) is 6.39. The minimum atomic E-state index is -0.406. The third-order valence-corrected chi connectivity index (χ3v) is 3.33. The van der Waals surface area contributed by atoms with Gasteiger partial charge < -0.3 is 4.74 Å². The van der Waals surface area contributed by atoms with E-state index in [1.165, 1.54) is 7.11 Å². The highest BCUT2D eigenvalue weighted by Gasteiger charge is 2.07. The summed E-state index contributed by atoms with van der Waals surface area (Å²) in [5.74, 6) is -0.399. The van der Waals surface area contributed by atoms with Crippen molar-refractivity contribution in [2.45, 2.75) is 6.32 Å². The van der Waals surface area contributed by atoms with E-state index in [4.69, 9.17) is 0 Å². The number of esters is 1. The van der Waals surface area contributed by atoms with E-state index >= 15 is 0 Å². The van der Waals surface area contributed by atoms with Gasteiger partial charge in [-0.3, -0.25) is 13.9 Å². The molecule has 0 bridgehead atoms. The molecule has 2 radical (unpaired) electrons. The highest BCUT2D eigenvalue weighted by molar-refractivity contribution is 6.55. The molecule has 2 aromatic rings. The lowest BCUT2D eigenvalue weighted by molar-refractivity contribution is -0.653. The van der Waals surface area contributed by atoms with Gasteiger partial charge in [0.15, 0.2) is 0 Å². The molecule has 0 aliphatic rings. The van der Waals surface area contributed by atoms with Crippen LogP contribution in [-0.2, 0) is 18.8 Å². The van der Waals surface area contributed by atoms with Crippen LogP contribution in [0.2, 0.25) is 6.32 Å². The standard InChI is InChI=1S/C15H17BN2O3/c1-17-8-9-18(2)15(17)16-10-13(19)11-4-6-12(7-5-11)14(20)21-3/h4-9H,10H2,1-3H3. The summed E-state index contributed by atoms with van der Waals surface area (Å²) in [6.07, 6.45) is 4.17. The van der Waals surface area contributed by atoms with Crippen molar-refractivity contribution >= 4 is 24.8 Å². The van der Waals surface area contributed by atoms with Crippen molar-refractivity contribution in [1.82, 2.24) is 4.57 Å². The van der Waals surface area contributed by atoms with Crippen molar-refractivity contribution in [3.05, 3.63) is 47.8 Å². The van der Waals surface area contributed by atoms with Crippen molar-refractivity contribution < 1.29 is 18.9 Å². The summed E-state index contributed by atoms with van der Waals surface area (Å²) < 4.78 is 8.53. The monoisotopic (exact) mass is 284 g/mol. The zero-order valence-electron chi connectivity index (χ0n) is 12.4. The van der Waals surface area contributed by atoms with Gasteiger partial charge >= 0.3 is 5.97 Å². The number of carbonyl (C=O) groups excluding carboxylic acids is 2. The number of aryl methyl sites for hydroxylation is 2. The lowest BCUT2D eigenvalue weighted by atomic mass is 9.70. The van der Waals surface area contributed by atoms with Gasteiger partial charge in [-0.25, -0.2) is 4.79 Å². The van der Waals surface area contributed by atoms with Crippen molar-refractivity contribution in [2.24, 2.45) is 14.1 Å². The summed E-state index contributed by atoms with van der Waals surface area (Å²) >= 11 is 0. The second-order valence-electron chi connectivity index (χ2n) is 4.78. The largest absolute Gasteiger partial charge is 0.465 e. The molecule has 0 atom stereocenters. The van der Waals surface area contributed by atoms with Crippen molar-refractivity contribution in [3.8, 4) is 0 Å². The molecule has 108 valence electrons. The Bertz CT molecular complexity index is 643. The molecule has 2 rings (SSSR count). The van der Waals surface area contributed by atoms with E-state index < -0.39 is 5.97 Å². The van der Waals surface area contributed by atoms with Crippen LogP contribution in [0.5, 0.6) is 0 Å². The van der Waals surface area contributed by atoms with Gasteiger partial charge in [-0.05, 0) is 12.1 Å². The van der Waals surface area contributed by atoms with Crippen molar-refractivity contribution in [1.29, 1.82) is 0 Å². The van der Waals surface area contributed by atoms with Gasteiger partial charge in [0.25, 0.3) is 0 Å². The van der Waals surface area contributed by atoms with Gasteiger partial charge in [0.2, 0.25) is 0 Å². The molecule has 0 saturated carbocycles. The molecule has 0 spiro atoms. The third kappa shape index (κ3) is 3.39. The molecule has 0 aliphatic heterocycles. The molecule has 5 nitrogen and oxygen atoms in total. The Labute approximate surface area is 124 Å². The summed E-state index contributed by atoms with van der Waals surface area (Å²) in [4.78, 5) is 23.5. The normalized spacial score (nSPS) is 10.4. The van der Waals surface area contributed by atoms with Gasteiger partial charge in [-0.15, -0.1) is 0 Å². The number of hydrogen-bond donors (Lipinski definition) is 0. The van der Waals surface area contributed by atoms with E-state index in [9.17, 15) is 9.59 Å². The molecule has 0 aliphatic carbocycles. The second-order valence-corrected chi connectivity index (χ2v) is 4.78. The van der Waals surface area contributed by atoms with Crippen LogP contribution in [0.1, 0.15) is 20.7 Å². The van der Waals surface area contributed by atoms with Gasteiger partial charge in [-0.2, -0.15) is 13.6 Å². The lowest BCUT2D eigenvalue weighted by Gasteiger charge is -2.12. The Morgan fingerprint density at radius 1 is 1.24 bits per heavy atom. The van der Waals surface area contributed by atoms with Crippen LogP contribution < -0.4 is 10.3 Å². The fourth-order valence-electron chi connectivity index (χ4n) is 2.10.